The van der Waals surface area contributed by atoms with Crippen molar-refractivity contribution >= 4 is 5.97 Å². The number of carbonyl (C=O) groups excluding carboxylic acids is 1. The van der Waals surface area contributed by atoms with Crippen LogP contribution in [0.25, 0.3) is 0 Å². The first-order valence-corrected chi connectivity index (χ1v) is 5.28. The minimum Gasteiger partial charge on any atom is -0.469 e. The lowest BCUT2D eigenvalue weighted by atomic mass is 9.84. The third kappa shape index (κ3) is 2.82. The molecule has 2 N–H and O–H groups in total. The van der Waals surface area contributed by atoms with E-state index in [1.807, 2.05) is 20.2 Å². The molecule has 0 spiro atoms. The minimum absolute atomic E-state index is 0.251. The Morgan fingerprint density at radius 3 is 2.81 bits per heavy atom. The van der Waals surface area contributed by atoms with Crippen LogP contribution in [0.4, 0.5) is 0 Å². The molecule has 1 unspecified atom stereocenters. The van der Waals surface area contributed by atoms with E-state index in [0.29, 0.717) is 13.0 Å². The monoisotopic (exact) mass is 225 g/mol. The first-order chi connectivity index (χ1) is 7.51. The Kier molecular flexibility index (Phi) is 4.06. The first-order valence-electron chi connectivity index (χ1n) is 5.28. The van der Waals surface area contributed by atoms with Crippen LogP contribution in [-0.2, 0) is 23.0 Å². The Hall–Kier alpha value is -1.36. The number of esters is 1. The molecule has 0 aliphatic carbocycles. The summed E-state index contributed by atoms with van der Waals surface area (Å²) in [5, 5.41) is 4.08. The highest BCUT2D eigenvalue weighted by molar-refractivity contribution is 5.76. The Labute approximate surface area is 95.6 Å². The van der Waals surface area contributed by atoms with Gasteiger partial charge < -0.3 is 10.5 Å². The van der Waals surface area contributed by atoms with Crippen molar-refractivity contribution in [1.82, 2.24) is 9.78 Å². The average Bonchev–Trinajstić information content (AvgIpc) is 2.71. The summed E-state index contributed by atoms with van der Waals surface area (Å²) in [5.41, 5.74) is 6.13. The SMILES string of the molecule is COC(=O)C(C)(CN)CCc1cnn(C)c1. The highest BCUT2D eigenvalue weighted by Gasteiger charge is 2.32. The number of nitrogens with zero attached hydrogens (tertiary/aromatic N) is 2. The lowest BCUT2D eigenvalue weighted by Gasteiger charge is -2.24. The van der Waals surface area contributed by atoms with E-state index in [2.05, 4.69) is 5.10 Å². The molecule has 1 rings (SSSR count). The lowest BCUT2D eigenvalue weighted by Crippen LogP contribution is -2.37. The molecule has 0 fully saturated rings. The average molecular weight is 225 g/mol. The Bertz CT molecular complexity index is 362. The quantitative estimate of drug-likeness (QED) is 0.740. The van der Waals surface area contributed by atoms with Crippen molar-refractivity contribution in [2.45, 2.75) is 19.8 Å². The molecule has 16 heavy (non-hydrogen) atoms. The summed E-state index contributed by atoms with van der Waals surface area (Å²) in [6.45, 7) is 2.12. The topological polar surface area (TPSA) is 70.1 Å². The van der Waals surface area contributed by atoms with Crippen molar-refractivity contribution in [3.8, 4) is 0 Å². The van der Waals surface area contributed by atoms with Crippen LogP contribution >= 0.6 is 0 Å². The number of methoxy groups -OCH3 is 1. The number of hydrogen-bond acceptors (Lipinski definition) is 4. The molecule has 5 nitrogen and oxygen atoms in total. The summed E-state index contributed by atoms with van der Waals surface area (Å²) in [6.07, 6.45) is 5.18. The van der Waals surface area contributed by atoms with Crippen molar-refractivity contribution in [2.75, 3.05) is 13.7 Å². The van der Waals surface area contributed by atoms with Gasteiger partial charge in [0.25, 0.3) is 0 Å². The fourth-order valence-corrected chi connectivity index (χ4v) is 1.56. The summed E-state index contributed by atoms with van der Waals surface area (Å²) in [5.74, 6) is -0.251. The fourth-order valence-electron chi connectivity index (χ4n) is 1.56. The van der Waals surface area contributed by atoms with E-state index in [1.54, 1.807) is 10.9 Å². The van der Waals surface area contributed by atoms with Gasteiger partial charge in [0.1, 0.15) is 0 Å². The van der Waals surface area contributed by atoms with Crippen molar-refractivity contribution < 1.29 is 9.53 Å². The van der Waals surface area contributed by atoms with Gasteiger partial charge in [0.05, 0.1) is 18.7 Å². The van der Waals surface area contributed by atoms with Gasteiger partial charge in [-0.15, -0.1) is 0 Å². The summed E-state index contributed by atoms with van der Waals surface area (Å²) >= 11 is 0. The van der Waals surface area contributed by atoms with Gasteiger partial charge in [-0.3, -0.25) is 9.48 Å². The van der Waals surface area contributed by atoms with E-state index < -0.39 is 5.41 Å². The van der Waals surface area contributed by atoms with Crippen LogP contribution < -0.4 is 5.73 Å². The Morgan fingerprint density at radius 2 is 2.38 bits per heavy atom. The number of nitrogens with two attached hydrogens (primary N) is 1. The van der Waals surface area contributed by atoms with Gasteiger partial charge in [-0.2, -0.15) is 5.10 Å². The maximum atomic E-state index is 11.6. The van der Waals surface area contributed by atoms with E-state index in [1.165, 1.54) is 7.11 Å². The molecule has 0 saturated carbocycles. The summed E-state index contributed by atoms with van der Waals surface area (Å²) < 4.78 is 6.50. The highest BCUT2D eigenvalue weighted by Crippen LogP contribution is 2.23. The molecule has 0 amide bonds. The number of hydrogen-bond donors (Lipinski definition) is 1. The van der Waals surface area contributed by atoms with Crippen LogP contribution in [0.3, 0.4) is 0 Å². The van der Waals surface area contributed by atoms with Crippen LogP contribution in [0.1, 0.15) is 18.9 Å². The molecule has 90 valence electrons. The van der Waals surface area contributed by atoms with Gasteiger partial charge in [0.2, 0.25) is 0 Å². The zero-order valence-electron chi connectivity index (χ0n) is 10.1. The summed E-state index contributed by atoms with van der Waals surface area (Å²) in [6, 6.07) is 0. The molecular weight excluding hydrogens is 206 g/mol. The number of ether oxygens (including phenoxy) is 1. The van der Waals surface area contributed by atoms with Gasteiger partial charge in [0.15, 0.2) is 0 Å². The van der Waals surface area contributed by atoms with E-state index in [-0.39, 0.29) is 5.97 Å². The predicted molar refractivity (Wildman–Crippen MR) is 60.7 cm³/mol. The fraction of sp³-hybridized carbons (Fsp3) is 0.636. The largest absolute Gasteiger partial charge is 0.469 e. The molecule has 0 bridgehead atoms. The molecule has 0 radical (unpaired) electrons. The van der Waals surface area contributed by atoms with Crippen molar-refractivity contribution in [1.29, 1.82) is 0 Å². The minimum atomic E-state index is -0.607. The van der Waals surface area contributed by atoms with E-state index in [9.17, 15) is 4.79 Å². The van der Waals surface area contributed by atoms with Gasteiger partial charge in [-0.1, -0.05) is 0 Å². The number of rotatable bonds is 5. The van der Waals surface area contributed by atoms with Crippen molar-refractivity contribution in [3.63, 3.8) is 0 Å². The molecule has 1 aromatic heterocycles. The van der Waals surface area contributed by atoms with E-state index in [4.69, 9.17) is 10.5 Å². The van der Waals surface area contributed by atoms with Crippen molar-refractivity contribution in [2.24, 2.45) is 18.2 Å². The maximum Gasteiger partial charge on any atom is 0.312 e. The third-order valence-corrected chi connectivity index (χ3v) is 2.85. The standard InChI is InChI=1S/C11H19N3O2/c1-11(8-12,10(15)16-3)5-4-9-6-13-14(2)7-9/h6-7H,4-5,8,12H2,1-3H3. The first kappa shape index (κ1) is 12.7. The maximum absolute atomic E-state index is 11.6. The van der Waals surface area contributed by atoms with Crippen LogP contribution in [0.5, 0.6) is 0 Å². The zero-order valence-corrected chi connectivity index (χ0v) is 10.1. The van der Waals surface area contributed by atoms with Gasteiger partial charge >= 0.3 is 5.97 Å². The van der Waals surface area contributed by atoms with Crippen LogP contribution in [-0.4, -0.2) is 29.4 Å². The second-order valence-electron chi connectivity index (χ2n) is 4.28. The van der Waals surface area contributed by atoms with E-state index >= 15 is 0 Å². The Balaban J connectivity index is 2.61. The van der Waals surface area contributed by atoms with E-state index in [0.717, 1.165) is 12.0 Å². The summed E-state index contributed by atoms with van der Waals surface area (Å²) in [4.78, 5) is 11.6. The molecule has 1 heterocycles. The van der Waals surface area contributed by atoms with Gasteiger partial charge in [-0.25, -0.2) is 0 Å². The van der Waals surface area contributed by atoms with Gasteiger partial charge in [0, 0.05) is 19.8 Å². The molecule has 5 heteroatoms. The smallest absolute Gasteiger partial charge is 0.312 e. The normalized spacial score (nSPS) is 14.5. The lowest BCUT2D eigenvalue weighted by molar-refractivity contribution is -0.151. The van der Waals surface area contributed by atoms with Crippen LogP contribution in [0.2, 0.25) is 0 Å². The molecule has 0 aromatic carbocycles. The molecule has 0 aliphatic rings. The molecule has 0 saturated heterocycles. The molecule has 1 atom stereocenters. The van der Waals surface area contributed by atoms with Gasteiger partial charge in [-0.05, 0) is 25.3 Å². The highest BCUT2D eigenvalue weighted by atomic mass is 16.5. The molecule has 0 aliphatic heterocycles. The zero-order chi connectivity index (χ0) is 12.2. The molecule has 1 aromatic rings. The third-order valence-electron chi connectivity index (χ3n) is 2.85. The van der Waals surface area contributed by atoms with Crippen LogP contribution in [0.15, 0.2) is 12.4 Å². The number of aromatic nitrogens is 2. The molecular formula is C11H19N3O2. The summed E-state index contributed by atoms with van der Waals surface area (Å²) in [7, 11) is 3.26. The van der Waals surface area contributed by atoms with Crippen molar-refractivity contribution in [3.05, 3.63) is 18.0 Å². The second kappa shape index (κ2) is 5.12. The second-order valence-corrected chi connectivity index (χ2v) is 4.28. The number of aryl methyl sites for hydroxylation is 2. The predicted octanol–water partition coefficient (Wildman–Crippen LogP) is 0.491. The van der Waals surface area contributed by atoms with Crippen LogP contribution in [0, 0.1) is 5.41 Å². The Morgan fingerprint density at radius 1 is 1.69 bits per heavy atom. The number of carbonyl (C=O) groups is 1.